The molecule has 11 heteroatoms. The molecular weight excluding hydrogens is 598 g/mol. The van der Waals surface area contributed by atoms with Crippen LogP contribution in [0.2, 0.25) is 0 Å². The van der Waals surface area contributed by atoms with Gasteiger partial charge in [-0.25, -0.2) is 0 Å². The molecule has 2 aromatic heterocycles. The van der Waals surface area contributed by atoms with Crippen LogP contribution in [0.1, 0.15) is 76.3 Å². The molecule has 0 saturated carbocycles. The number of rotatable bonds is 11. The molecule has 0 bridgehead atoms. The molecule has 5 N–H and O–H groups in total. The van der Waals surface area contributed by atoms with Gasteiger partial charge in [-0.2, -0.15) is 5.06 Å². The first-order chi connectivity index (χ1) is 22.7. The first kappa shape index (κ1) is 38.4. The molecule has 2 aromatic carbocycles. The number of hydrogen-bond acceptors (Lipinski definition) is 8. The fraction of sp³-hybridized carbons (Fsp3) is 0.389. The van der Waals surface area contributed by atoms with Crippen LogP contribution in [0.25, 0.3) is 21.8 Å². The standard InChI is InChI=1S/C16H20N2O.C11H9NO2.C5H13N.C4H5NO3/c1-2-3-6-9-17-16(19)11-13-10-14-7-4-5-8-15(14)18-12-13;13-11(14)6-8-5-9-3-1-2-4-10(9)12-7-8;1-2-3-4-5-6;6-3-1-2-4(7)5(3)8/h4-5,7-8,10,12H,2-3,6,9,11H2,1H3,(H,17,19);1-5,7H,6H2,(H,13,14);2-6H2,1H3;8H,1-2H2. The van der Waals surface area contributed by atoms with E-state index in [1.807, 2.05) is 60.7 Å². The zero-order valence-corrected chi connectivity index (χ0v) is 27.4. The van der Waals surface area contributed by atoms with Crippen molar-refractivity contribution < 1.29 is 29.5 Å². The lowest BCUT2D eigenvalue weighted by Crippen LogP contribution is -2.26. The number of hydroxylamine groups is 2. The summed E-state index contributed by atoms with van der Waals surface area (Å²) in [6, 6.07) is 19.5. The van der Waals surface area contributed by atoms with E-state index in [0.29, 0.717) is 6.42 Å². The Morgan fingerprint density at radius 1 is 0.787 bits per heavy atom. The Balaban J connectivity index is 0.000000239. The van der Waals surface area contributed by atoms with Crippen molar-refractivity contribution in [2.45, 2.75) is 78.1 Å². The number of unbranched alkanes of at least 4 members (excludes halogenated alkanes) is 4. The Bertz CT molecular complexity index is 1560. The summed E-state index contributed by atoms with van der Waals surface area (Å²) in [5.74, 6) is -1.76. The number of pyridine rings is 2. The van der Waals surface area contributed by atoms with Gasteiger partial charge < -0.3 is 16.2 Å². The van der Waals surface area contributed by atoms with Crippen LogP contribution >= 0.6 is 0 Å². The van der Waals surface area contributed by atoms with Crippen LogP contribution in [0.4, 0.5) is 0 Å². The number of aliphatic carboxylic acids is 1. The maximum Gasteiger partial charge on any atom is 0.307 e. The number of carbonyl (C=O) groups is 4. The molecule has 3 amide bonds. The lowest BCUT2D eigenvalue weighted by molar-refractivity contribution is -0.171. The topological polar surface area (TPSA) is 176 Å². The average molecular weight is 646 g/mol. The molecular formula is C36H47N5O6. The van der Waals surface area contributed by atoms with E-state index >= 15 is 0 Å². The number of aromatic nitrogens is 2. The summed E-state index contributed by atoms with van der Waals surface area (Å²) in [6.45, 7) is 5.96. The number of nitrogens with two attached hydrogens (primary N) is 1. The van der Waals surface area contributed by atoms with Gasteiger partial charge in [0.2, 0.25) is 5.91 Å². The fourth-order valence-corrected chi connectivity index (χ4v) is 4.41. The van der Waals surface area contributed by atoms with Crippen molar-refractivity contribution in [3.63, 3.8) is 0 Å². The number of carboxylic acids is 1. The van der Waals surface area contributed by atoms with Gasteiger partial charge in [0.1, 0.15) is 0 Å². The summed E-state index contributed by atoms with van der Waals surface area (Å²) in [7, 11) is 0. The van der Waals surface area contributed by atoms with Gasteiger partial charge in [-0.1, -0.05) is 75.9 Å². The Kier molecular flexibility index (Phi) is 17.9. The number of hydrogen-bond donors (Lipinski definition) is 4. The summed E-state index contributed by atoms with van der Waals surface area (Å²) in [4.78, 5) is 51.3. The lowest BCUT2D eigenvalue weighted by Gasteiger charge is -2.05. The first-order valence-electron chi connectivity index (χ1n) is 16.1. The molecule has 1 saturated heterocycles. The quantitative estimate of drug-likeness (QED) is 0.0918. The molecule has 1 aliphatic rings. The normalized spacial score (nSPS) is 12.0. The Labute approximate surface area is 276 Å². The second kappa shape index (κ2) is 21.9. The van der Waals surface area contributed by atoms with E-state index in [9.17, 15) is 19.2 Å². The molecule has 11 nitrogen and oxygen atoms in total. The minimum absolute atomic E-state index is 0.0256. The summed E-state index contributed by atoms with van der Waals surface area (Å²) in [5.41, 5.74) is 8.77. The van der Waals surface area contributed by atoms with Gasteiger partial charge in [-0.3, -0.25) is 34.4 Å². The lowest BCUT2D eigenvalue weighted by atomic mass is 10.1. The zero-order chi connectivity index (χ0) is 34.4. The third kappa shape index (κ3) is 14.9. The highest BCUT2D eigenvalue weighted by atomic mass is 16.5. The van der Waals surface area contributed by atoms with Gasteiger partial charge in [-0.05, 0) is 54.8 Å². The van der Waals surface area contributed by atoms with Crippen molar-refractivity contribution in [1.29, 1.82) is 0 Å². The van der Waals surface area contributed by atoms with Gasteiger partial charge in [-0.15, -0.1) is 0 Å². The monoisotopic (exact) mass is 645 g/mol. The fourth-order valence-electron chi connectivity index (χ4n) is 4.41. The van der Waals surface area contributed by atoms with Crippen molar-refractivity contribution in [3.05, 3.63) is 84.2 Å². The van der Waals surface area contributed by atoms with Crippen molar-refractivity contribution >= 4 is 45.5 Å². The minimum atomic E-state index is -0.831. The third-order valence-electron chi connectivity index (χ3n) is 6.95. The highest BCUT2D eigenvalue weighted by Gasteiger charge is 2.26. The van der Waals surface area contributed by atoms with Crippen LogP contribution in [-0.2, 0) is 32.0 Å². The maximum atomic E-state index is 11.8. The van der Waals surface area contributed by atoms with Gasteiger partial charge in [0.25, 0.3) is 11.8 Å². The average Bonchev–Trinajstić information content (AvgIpc) is 3.37. The van der Waals surface area contributed by atoms with E-state index in [1.165, 1.54) is 25.7 Å². The molecule has 4 aromatic rings. The number of carbonyl (C=O) groups excluding carboxylic acids is 3. The molecule has 0 unspecified atom stereocenters. The summed E-state index contributed by atoms with van der Waals surface area (Å²) >= 11 is 0. The number of nitrogens with zero attached hydrogens (tertiary/aromatic N) is 3. The van der Waals surface area contributed by atoms with Gasteiger partial charge in [0.05, 0.1) is 23.9 Å². The molecule has 1 fully saturated rings. The zero-order valence-electron chi connectivity index (χ0n) is 27.4. The predicted molar refractivity (Wildman–Crippen MR) is 183 cm³/mol. The van der Waals surface area contributed by atoms with E-state index in [4.69, 9.17) is 16.0 Å². The predicted octanol–water partition coefficient (Wildman–Crippen LogP) is 5.61. The molecule has 47 heavy (non-hydrogen) atoms. The number of para-hydroxylation sites is 2. The highest BCUT2D eigenvalue weighted by molar-refractivity contribution is 6.00. The van der Waals surface area contributed by atoms with E-state index < -0.39 is 17.8 Å². The van der Waals surface area contributed by atoms with E-state index in [0.717, 1.165) is 58.9 Å². The van der Waals surface area contributed by atoms with Gasteiger partial charge >= 0.3 is 5.97 Å². The second-order valence-electron chi connectivity index (χ2n) is 11.0. The number of nitrogens with one attached hydrogen (secondary N) is 1. The van der Waals surface area contributed by atoms with Gasteiger partial charge in [0, 0.05) is 42.6 Å². The first-order valence-corrected chi connectivity index (χ1v) is 16.1. The summed E-state index contributed by atoms with van der Waals surface area (Å²) < 4.78 is 0. The largest absolute Gasteiger partial charge is 0.481 e. The van der Waals surface area contributed by atoms with E-state index in [2.05, 4.69) is 29.1 Å². The third-order valence-corrected chi connectivity index (χ3v) is 6.95. The molecule has 0 atom stereocenters. The molecule has 3 heterocycles. The van der Waals surface area contributed by atoms with Crippen molar-refractivity contribution in [3.8, 4) is 0 Å². The van der Waals surface area contributed by atoms with Crippen LogP contribution < -0.4 is 11.1 Å². The summed E-state index contributed by atoms with van der Waals surface area (Å²) in [5, 5.41) is 22.2. The molecule has 0 aliphatic carbocycles. The minimum Gasteiger partial charge on any atom is -0.481 e. The van der Waals surface area contributed by atoms with Crippen molar-refractivity contribution in [2.75, 3.05) is 13.1 Å². The van der Waals surface area contributed by atoms with Crippen LogP contribution in [0, 0.1) is 0 Å². The highest BCUT2D eigenvalue weighted by Crippen LogP contribution is 2.14. The number of imide groups is 1. The van der Waals surface area contributed by atoms with E-state index in [-0.39, 0.29) is 30.2 Å². The maximum absolute atomic E-state index is 11.8. The van der Waals surface area contributed by atoms with Crippen molar-refractivity contribution in [1.82, 2.24) is 20.3 Å². The van der Waals surface area contributed by atoms with Crippen LogP contribution in [0.3, 0.4) is 0 Å². The van der Waals surface area contributed by atoms with Crippen molar-refractivity contribution in [2.24, 2.45) is 5.73 Å². The molecule has 1 aliphatic heterocycles. The summed E-state index contributed by atoms with van der Waals surface area (Å²) in [6.07, 6.45) is 11.3. The number of carboxylic acid groups (broad SMARTS) is 1. The van der Waals surface area contributed by atoms with Gasteiger partial charge in [0.15, 0.2) is 0 Å². The molecule has 0 radical (unpaired) electrons. The molecule has 0 spiro atoms. The van der Waals surface area contributed by atoms with E-state index in [1.54, 1.807) is 12.4 Å². The smallest absolute Gasteiger partial charge is 0.307 e. The van der Waals surface area contributed by atoms with Crippen LogP contribution in [-0.4, -0.2) is 62.1 Å². The SMILES string of the molecule is CCCCCN.CCCCCNC(=O)Cc1cnc2ccccc2c1.O=C(O)Cc1cnc2ccccc2c1.O=C1CCC(=O)N1O. The number of fused-ring (bicyclic) bond motifs is 2. The Morgan fingerprint density at radius 3 is 1.70 bits per heavy atom. The number of benzene rings is 2. The number of amides is 3. The van der Waals surface area contributed by atoms with Crippen LogP contribution in [0.15, 0.2) is 73.1 Å². The molecule has 252 valence electrons. The second-order valence-corrected chi connectivity index (χ2v) is 11.0. The Morgan fingerprint density at radius 2 is 1.28 bits per heavy atom. The Hall–Kier alpha value is -4.74. The van der Waals surface area contributed by atoms with Crippen LogP contribution in [0.5, 0.6) is 0 Å². The molecule has 5 rings (SSSR count).